The number of nitrogens with zero attached hydrogens (tertiary/aromatic N) is 7. The Hall–Kier alpha value is -10.4. The monoisotopic (exact) mass is 1850 g/mol. The number of rotatable bonds is 15. The van der Waals surface area contributed by atoms with Crippen LogP contribution in [0.1, 0.15) is 146 Å². The summed E-state index contributed by atoms with van der Waals surface area (Å²) in [6.45, 7) is 15.4. The number of likely N-dealkylation sites (tertiary alicyclic amines) is 2. The zero-order chi connectivity index (χ0) is 83.7. The van der Waals surface area contributed by atoms with Gasteiger partial charge in [-0.1, -0.05) is 90.0 Å². The average Bonchev–Trinajstić information content (AvgIpc) is 1.62. The van der Waals surface area contributed by atoms with Crippen LogP contribution in [0.4, 0.5) is 0 Å². The molecule has 0 spiro atoms. The molecule has 0 saturated carbocycles. The van der Waals surface area contributed by atoms with Gasteiger partial charge in [0.1, 0.15) is 5.75 Å². The predicted molar refractivity (Wildman–Crippen MR) is 470 cm³/mol. The van der Waals surface area contributed by atoms with Crippen LogP contribution in [0.25, 0.3) is 49.9 Å². The first-order valence-corrected chi connectivity index (χ1v) is 43.2. The number of allylic oxidation sites excluding steroid dienone is 1. The van der Waals surface area contributed by atoms with Crippen LogP contribution >= 0.6 is 54.5 Å². The number of primary amides is 3. The van der Waals surface area contributed by atoms with Crippen molar-refractivity contribution in [2.24, 2.45) is 17.2 Å². The molecule has 3 saturated heterocycles. The molecule has 5 amide bonds. The fraction of sp³-hybridized carbons (Fsp3) is 0.218. The Morgan fingerprint density at radius 2 is 0.906 bits per heavy atom. The fourth-order valence-electron chi connectivity index (χ4n) is 13.5. The third-order valence-corrected chi connectivity index (χ3v) is 25.8. The molecule has 12 aromatic rings. The number of carbonyl (C=O) groups is 5. The van der Waals surface area contributed by atoms with Crippen LogP contribution in [0.3, 0.4) is 0 Å². The predicted octanol–water partition coefficient (Wildman–Crippen LogP) is 14.8. The molecule has 23 nitrogen and oxygen atoms in total. The zero-order valence-electron chi connectivity index (χ0n) is 65.0. The van der Waals surface area contributed by atoms with Crippen molar-refractivity contribution in [2.45, 2.75) is 107 Å². The molecule has 8 heterocycles. The van der Waals surface area contributed by atoms with Crippen LogP contribution in [-0.2, 0) is 35.8 Å². The molecule has 7 N–H and O–H groups in total. The van der Waals surface area contributed by atoms with Gasteiger partial charge >= 0.3 is 14.8 Å². The third-order valence-electron chi connectivity index (χ3n) is 20.7. The maximum Gasteiger partial charge on any atom is 0.569 e. The Kier molecular flexibility index (Phi) is 27.2. The number of hydrogen-bond acceptors (Lipinski definition) is 16. The van der Waals surface area contributed by atoms with Gasteiger partial charge in [-0.2, -0.15) is 0 Å². The van der Waals surface area contributed by atoms with Crippen LogP contribution in [-0.4, -0.2) is 136 Å². The molecule has 1 radical (unpaired) electrons. The minimum absolute atomic E-state index is 0.118. The number of aromatic nitrogens is 5. The Morgan fingerprint density at radius 3 is 1.37 bits per heavy atom. The van der Waals surface area contributed by atoms with Crippen molar-refractivity contribution in [1.82, 2.24) is 32.7 Å². The van der Waals surface area contributed by atoms with E-state index in [1.54, 1.807) is 110 Å². The normalized spacial score (nSPS) is 14.7. The van der Waals surface area contributed by atoms with Gasteiger partial charge in [0.25, 0.3) is 31.9 Å². The first kappa shape index (κ1) is 85.9. The van der Waals surface area contributed by atoms with E-state index in [1.807, 2.05) is 130 Å². The molecule has 599 valence electrons. The molecule has 117 heavy (non-hydrogen) atoms. The fourth-order valence-corrected chi connectivity index (χ4v) is 17.6. The van der Waals surface area contributed by atoms with E-state index in [9.17, 15) is 40.8 Å². The van der Waals surface area contributed by atoms with E-state index in [0.717, 1.165) is 143 Å². The zero-order valence-corrected chi connectivity index (χ0v) is 71.9. The number of aryl methyl sites for hydroxylation is 2. The lowest BCUT2D eigenvalue weighted by molar-refractivity contribution is 0.00578. The van der Waals surface area contributed by atoms with E-state index >= 15 is 0 Å². The van der Waals surface area contributed by atoms with Crippen molar-refractivity contribution >= 4 is 152 Å². The molecular formula is C87H84B2Br2IN10O13S2. The van der Waals surface area contributed by atoms with Crippen molar-refractivity contribution in [3.8, 4) is 28.0 Å². The second-order valence-corrected chi connectivity index (χ2v) is 35.9. The summed E-state index contributed by atoms with van der Waals surface area (Å²) in [6, 6.07) is 55.0. The number of halogens is 3. The standard InChI is InChI=1S/C27H25N3O2.C21H16BrN3O3S.C18H26BNO3.C14H10BrIN2O2S.C7H7BNO3/c28-26(31)20-8-6-19(7-9-20)23-12-13-25-24(23)16-22(17-29-25)18-4-10-21(11-5-18)27(32)30-14-2-1-3-15-30;1-13-2-8-17(9-3-13)29(27,28)25-12-19(18-10-16(22)11-24-21(18)25)14-4-6-15(7-5-14)20(23)26;1-17(2)18(3,4)23-19(22-17)15-10-8-14(9-11-15)16(21)20-12-6-5-7-13-20;1-9-2-4-11(5-3-9)21(19,20)18-8-13(16)12-6-10(15)7-17-14(12)18;9-7(10)5-1-3-6(4-2-5)12-8-11/h4-12,16-17H,1-3,13-15H2,(H2,28,31);2-12H,1H3,(H2,23,26);8-11H,5-7,12-13H2,1-4H3;2-8H,1H3;1-4,11H,(H2,9,10). The van der Waals surface area contributed by atoms with Crippen molar-refractivity contribution in [1.29, 1.82) is 0 Å². The lowest BCUT2D eigenvalue weighted by Crippen LogP contribution is -2.41. The van der Waals surface area contributed by atoms with Gasteiger partial charge in [-0.15, -0.1) is 0 Å². The molecule has 3 fully saturated rings. The third kappa shape index (κ3) is 20.1. The Morgan fingerprint density at radius 1 is 0.496 bits per heavy atom. The molecule has 4 aliphatic rings. The molecule has 7 aromatic carbocycles. The van der Waals surface area contributed by atoms with Gasteiger partial charge in [0.2, 0.25) is 17.7 Å². The summed E-state index contributed by atoms with van der Waals surface area (Å²) in [5, 5.41) is 9.73. The number of fused-ring (bicyclic) bond motifs is 3. The number of amides is 5. The van der Waals surface area contributed by atoms with Gasteiger partial charge in [-0.05, 0) is 278 Å². The Labute approximate surface area is 711 Å². The van der Waals surface area contributed by atoms with Gasteiger partial charge in [0.15, 0.2) is 11.3 Å². The first-order chi connectivity index (χ1) is 55.8. The highest BCUT2D eigenvalue weighted by Gasteiger charge is 2.51. The van der Waals surface area contributed by atoms with Crippen molar-refractivity contribution in [3.63, 3.8) is 0 Å². The summed E-state index contributed by atoms with van der Waals surface area (Å²) in [5.41, 5.74) is 29.2. The van der Waals surface area contributed by atoms with E-state index in [4.69, 9.17) is 31.5 Å². The van der Waals surface area contributed by atoms with Crippen molar-refractivity contribution in [3.05, 3.63) is 293 Å². The number of hydrogen-bond donors (Lipinski definition) is 4. The lowest BCUT2D eigenvalue weighted by Gasteiger charge is -2.32. The highest BCUT2D eigenvalue weighted by molar-refractivity contribution is 14.1. The second kappa shape index (κ2) is 37.0. The van der Waals surface area contributed by atoms with Crippen molar-refractivity contribution < 1.29 is 59.8 Å². The highest BCUT2D eigenvalue weighted by atomic mass is 127. The summed E-state index contributed by atoms with van der Waals surface area (Å²) in [5.74, 6) is -0.746. The summed E-state index contributed by atoms with van der Waals surface area (Å²) in [4.78, 5) is 76.2. The van der Waals surface area contributed by atoms with Gasteiger partial charge in [-0.25, -0.2) is 34.7 Å². The summed E-state index contributed by atoms with van der Waals surface area (Å²) in [7, 11) is -7.29. The molecule has 0 unspecified atom stereocenters. The van der Waals surface area contributed by atoms with E-state index in [1.165, 1.54) is 45.1 Å². The Balaban J connectivity index is 0.000000139. The SMILES string of the molecule is CC1(C)OB(c2ccc(C(=O)N3CCCCC3)cc2)OC1(C)C.Cc1ccc(S(=O)(=O)n2cc(-c3ccc(C(N)=O)cc3)c3cc(Br)cnc32)cc1.Cc1ccc(S(=O)(=O)n2cc(I)c3cc(Br)cnc32)cc1.NC(=O)c1ccc(C2=CCc3ncc(-c4ccc(C(=O)N5CCCCC5)cc4)cc32)cc1.NC(=O)c1ccc(O[B]O)cc1. The van der Waals surface area contributed by atoms with E-state index in [0.29, 0.717) is 52.4 Å². The number of benzene rings is 7. The number of nitrogens with two attached hydrogens (primary N) is 3. The van der Waals surface area contributed by atoms with E-state index in [2.05, 4.69) is 86.2 Å². The molecule has 30 heteroatoms. The second-order valence-electron chi connectivity index (χ2n) is 29.3. The van der Waals surface area contributed by atoms with E-state index in [-0.39, 0.29) is 39.9 Å². The molecular weight excluding hydrogens is 1770 g/mol. The quantitative estimate of drug-likeness (QED) is 0.0547. The molecule has 0 bridgehead atoms. The molecule has 3 aliphatic heterocycles. The maximum atomic E-state index is 13.3. The smallest absolute Gasteiger partial charge is 0.537 e. The number of pyridine rings is 3. The first-order valence-electron chi connectivity index (χ1n) is 37.6. The number of piperidine rings is 2. The molecule has 0 atom stereocenters. The highest BCUT2D eigenvalue weighted by Crippen LogP contribution is 2.39. The van der Waals surface area contributed by atoms with Crippen LogP contribution in [0.2, 0.25) is 0 Å². The number of carbonyl (C=O) groups excluding carboxylic acids is 5. The minimum Gasteiger partial charge on any atom is -0.537 e. The minimum atomic E-state index is -3.84. The summed E-state index contributed by atoms with van der Waals surface area (Å²) >= 11 is 8.87. The molecule has 16 rings (SSSR count). The lowest BCUT2D eigenvalue weighted by atomic mass is 9.79. The van der Waals surface area contributed by atoms with Crippen LogP contribution in [0.5, 0.6) is 5.75 Å². The summed E-state index contributed by atoms with van der Waals surface area (Å²) < 4.78 is 73.6. The van der Waals surface area contributed by atoms with Gasteiger partial charge < -0.3 is 46.0 Å². The van der Waals surface area contributed by atoms with Crippen molar-refractivity contribution in [2.75, 3.05) is 26.2 Å². The van der Waals surface area contributed by atoms with Gasteiger partial charge in [-0.3, -0.25) is 29.0 Å². The topological polar surface area (TPSA) is 335 Å². The van der Waals surface area contributed by atoms with Crippen LogP contribution in [0, 0.1) is 17.4 Å². The average molecular weight is 1850 g/mol. The van der Waals surface area contributed by atoms with Crippen LogP contribution in [0.15, 0.2) is 244 Å². The largest absolute Gasteiger partial charge is 0.569 e. The molecule has 1 aliphatic carbocycles. The van der Waals surface area contributed by atoms with Gasteiger partial charge in [0, 0.05) is 131 Å². The Bertz CT molecular complexity index is 5940. The van der Waals surface area contributed by atoms with Crippen LogP contribution < -0.4 is 27.3 Å². The summed E-state index contributed by atoms with van der Waals surface area (Å²) in [6.07, 6.45) is 18.0. The maximum absolute atomic E-state index is 13.3. The van der Waals surface area contributed by atoms with Gasteiger partial charge in [0.05, 0.1) is 26.7 Å². The van der Waals surface area contributed by atoms with E-state index < -0.39 is 37.8 Å². The molecule has 5 aromatic heterocycles.